The second-order valence-electron chi connectivity index (χ2n) is 7.26. The molecule has 0 spiro atoms. The molecule has 2 aliphatic heterocycles. The highest BCUT2D eigenvalue weighted by Gasteiger charge is 2.46. The molecule has 2 heterocycles. The van der Waals surface area contributed by atoms with E-state index in [-0.39, 0.29) is 17.9 Å². The molecule has 2 aromatic carbocycles. The van der Waals surface area contributed by atoms with E-state index in [0.717, 1.165) is 28.9 Å². The van der Waals surface area contributed by atoms with E-state index in [2.05, 4.69) is 0 Å². The highest BCUT2D eigenvalue weighted by molar-refractivity contribution is 6.46. The standard InChI is InChI=1S/C23H23NO5/c1-14-5-3-4-6-17(14)20-19(22(26)23(27)24(20)10-12-28-2)21(25)16-7-8-18-15(13-16)9-11-29-18/h3-8,13,20,25H,9-12H2,1-2H3/b21-19+. The number of ether oxygens (including phenoxy) is 2. The normalized spacial score (nSPS) is 20.1. The molecule has 4 rings (SSSR count). The Balaban J connectivity index is 1.86. The molecule has 1 fully saturated rings. The number of methoxy groups -OCH3 is 1. The lowest BCUT2D eigenvalue weighted by molar-refractivity contribution is -0.140. The maximum absolute atomic E-state index is 12.9. The number of carbonyl (C=O) groups excluding carboxylic acids is 2. The number of hydrogen-bond acceptors (Lipinski definition) is 5. The van der Waals surface area contributed by atoms with Gasteiger partial charge in [0.1, 0.15) is 11.5 Å². The summed E-state index contributed by atoms with van der Waals surface area (Å²) < 4.78 is 10.7. The van der Waals surface area contributed by atoms with Gasteiger partial charge >= 0.3 is 0 Å². The Morgan fingerprint density at radius 3 is 2.79 bits per heavy atom. The smallest absolute Gasteiger partial charge is 0.295 e. The van der Waals surface area contributed by atoms with Crippen LogP contribution in [0, 0.1) is 6.92 Å². The fourth-order valence-electron chi connectivity index (χ4n) is 4.01. The lowest BCUT2D eigenvalue weighted by Crippen LogP contribution is -2.32. The third kappa shape index (κ3) is 3.29. The van der Waals surface area contributed by atoms with Gasteiger partial charge in [0.15, 0.2) is 0 Å². The molecule has 2 aromatic rings. The maximum atomic E-state index is 12.9. The summed E-state index contributed by atoms with van der Waals surface area (Å²) in [5, 5.41) is 11.1. The molecule has 1 amide bonds. The van der Waals surface area contributed by atoms with Crippen molar-refractivity contribution in [2.75, 3.05) is 26.9 Å². The monoisotopic (exact) mass is 393 g/mol. The summed E-state index contributed by atoms with van der Waals surface area (Å²) in [5.74, 6) is -0.672. The van der Waals surface area contributed by atoms with Crippen molar-refractivity contribution < 1.29 is 24.2 Å². The minimum Gasteiger partial charge on any atom is -0.507 e. The van der Waals surface area contributed by atoms with Crippen LogP contribution in [0.5, 0.6) is 5.75 Å². The van der Waals surface area contributed by atoms with Crippen LogP contribution in [0.15, 0.2) is 48.0 Å². The first kappa shape index (κ1) is 19.2. The molecule has 2 aliphatic rings. The third-order valence-electron chi connectivity index (χ3n) is 5.52. The molecule has 150 valence electrons. The Kier molecular flexibility index (Phi) is 5.11. The van der Waals surface area contributed by atoms with Crippen molar-refractivity contribution in [3.05, 3.63) is 70.3 Å². The summed E-state index contributed by atoms with van der Waals surface area (Å²) in [6.07, 6.45) is 0.750. The van der Waals surface area contributed by atoms with Crippen LogP contribution in [0.25, 0.3) is 5.76 Å². The quantitative estimate of drug-likeness (QED) is 0.480. The number of aliphatic hydroxyl groups excluding tert-OH is 1. The first-order valence-corrected chi connectivity index (χ1v) is 9.62. The highest BCUT2D eigenvalue weighted by Crippen LogP contribution is 2.41. The molecule has 0 aliphatic carbocycles. The Morgan fingerprint density at radius 2 is 2.03 bits per heavy atom. The number of aliphatic hydroxyl groups is 1. The lowest BCUT2D eigenvalue weighted by Gasteiger charge is -2.26. The van der Waals surface area contributed by atoms with E-state index in [1.807, 2.05) is 37.3 Å². The summed E-state index contributed by atoms with van der Waals surface area (Å²) in [5.41, 5.74) is 3.36. The van der Waals surface area contributed by atoms with Gasteiger partial charge in [-0.1, -0.05) is 24.3 Å². The second-order valence-corrected chi connectivity index (χ2v) is 7.26. The lowest BCUT2D eigenvalue weighted by atomic mass is 9.92. The molecule has 0 radical (unpaired) electrons. The molecular weight excluding hydrogens is 370 g/mol. The van der Waals surface area contributed by atoms with Crippen LogP contribution in [0.1, 0.15) is 28.3 Å². The van der Waals surface area contributed by atoms with Crippen molar-refractivity contribution in [3.63, 3.8) is 0 Å². The van der Waals surface area contributed by atoms with E-state index in [1.165, 1.54) is 4.90 Å². The number of nitrogens with zero attached hydrogens (tertiary/aromatic N) is 1. The fraction of sp³-hybridized carbons (Fsp3) is 0.304. The maximum Gasteiger partial charge on any atom is 0.295 e. The number of ketones is 1. The average Bonchev–Trinajstić information content (AvgIpc) is 3.29. The molecule has 1 saturated heterocycles. The summed E-state index contributed by atoms with van der Waals surface area (Å²) >= 11 is 0. The fourth-order valence-corrected chi connectivity index (χ4v) is 4.01. The molecule has 1 unspecified atom stereocenters. The highest BCUT2D eigenvalue weighted by atomic mass is 16.5. The van der Waals surface area contributed by atoms with Crippen LogP contribution in [0.3, 0.4) is 0 Å². The van der Waals surface area contributed by atoms with Crippen LogP contribution in [-0.2, 0) is 20.7 Å². The van der Waals surface area contributed by atoms with E-state index in [1.54, 1.807) is 19.2 Å². The van der Waals surface area contributed by atoms with Crippen LogP contribution in [0.2, 0.25) is 0 Å². The number of aryl methyl sites for hydroxylation is 1. The first-order chi connectivity index (χ1) is 14.0. The van der Waals surface area contributed by atoms with Gasteiger partial charge in [-0.2, -0.15) is 0 Å². The topological polar surface area (TPSA) is 76.1 Å². The van der Waals surface area contributed by atoms with Crippen molar-refractivity contribution in [2.24, 2.45) is 0 Å². The van der Waals surface area contributed by atoms with Gasteiger partial charge in [0.2, 0.25) is 0 Å². The third-order valence-corrected chi connectivity index (χ3v) is 5.52. The molecule has 1 atom stereocenters. The van der Waals surface area contributed by atoms with Crippen molar-refractivity contribution in [3.8, 4) is 5.75 Å². The van der Waals surface area contributed by atoms with Crippen LogP contribution in [0.4, 0.5) is 0 Å². The zero-order chi connectivity index (χ0) is 20.5. The number of likely N-dealkylation sites (tertiary alicyclic amines) is 1. The van der Waals surface area contributed by atoms with E-state index in [9.17, 15) is 14.7 Å². The van der Waals surface area contributed by atoms with Crippen molar-refractivity contribution in [2.45, 2.75) is 19.4 Å². The van der Waals surface area contributed by atoms with Gasteiger partial charge in [-0.05, 0) is 41.8 Å². The first-order valence-electron chi connectivity index (χ1n) is 9.62. The van der Waals surface area contributed by atoms with Gasteiger partial charge in [-0.15, -0.1) is 0 Å². The van der Waals surface area contributed by atoms with E-state index in [0.29, 0.717) is 18.8 Å². The summed E-state index contributed by atoms with van der Waals surface area (Å²) in [7, 11) is 1.55. The molecule has 6 heteroatoms. The SMILES string of the molecule is COCCN1C(=O)C(=O)/C(=C(/O)c2ccc3c(c2)CCO3)C1c1ccccc1C. The number of Topliss-reactive ketones (excluding diaryl/α,β-unsaturated/α-hetero) is 1. The van der Waals surface area contributed by atoms with Crippen LogP contribution in [-0.4, -0.2) is 48.6 Å². The predicted octanol–water partition coefficient (Wildman–Crippen LogP) is 3.00. The van der Waals surface area contributed by atoms with E-state index < -0.39 is 17.7 Å². The van der Waals surface area contributed by atoms with Gasteiger partial charge in [0, 0.05) is 25.6 Å². The molecular formula is C23H23NO5. The number of benzene rings is 2. The minimum atomic E-state index is -0.677. The Bertz CT molecular complexity index is 1010. The van der Waals surface area contributed by atoms with Gasteiger partial charge in [0.25, 0.3) is 11.7 Å². The van der Waals surface area contributed by atoms with Gasteiger partial charge in [-0.25, -0.2) is 0 Å². The van der Waals surface area contributed by atoms with Crippen LogP contribution >= 0.6 is 0 Å². The van der Waals surface area contributed by atoms with Gasteiger partial charge in [0.05, 0.1) is 24.8 Å². The number of amides is 1. The number of fused-ring (bicyclic) bond motifs is 1. The average molecular weight is 393 g/mol. The summed E-state index contributed by atoms with van der Waals surface area (Å²) in [6, 6.07) is 12.3. The zero-order valence-corrected chi connectivity index (χ0v) is 16.5. The van der Waals surface area contributed by atoms with E-state index >= 15 is 0 Å². The molecule has 0 bridgehead atoms. The number of hydrogen-bond donors (Lipinski definition) is 1. The van der Waals surface area contributed by atoms with Gasteiger partial charge < -0.3 is 19.5 Å². The molecule has 0 aromatic heterocycles. The zero-order valence-electron chi connectivity index (χ0n) is 16.5. The molecule has 1 N–H and O–H groups in total. The van der Waals surface area contributed by atoms with Crippen LogP contribution < -0.4 is 4.74 Å². The Morgan fingerprint density at radius 1 is 1.24 bits per heavy atom. The Hall–Kier alpha value is -3.12. The molecule has 29 heavy (non-hydrogen) atoms. The second kappa shape index (κ2) is 7.72. The Labute approximate surface area is 169 Å². The summed E-state index contributed by atoms with van der Waals surface area (Å²) in [6.45, 7) is 3.09. The minimum absolute atomic E-state index is 0.110. The molecule has 0 saturated carbocycles. The van der Waals surface area contributed by atoms with Crippen molar-refractivity contribution in [1.29, 1.82) is 0 Å². The summed E-state index contributed by atoms with van der Waals surface area (Å²) in [4.78, 5) is 27.2. The largest absolute Gasteiger partial charge is 0.507 e. The van der Waals surface area contributed by atoms with E-state index in [4.69, 9.17) is 9.47 Å². The predicted molar refractivity (Wildman–Crippen MR) is 108 cm³/mol. The number of carbonyl (C=O) groups is 2. The number of rotatable bonds is 5. The van der Waals surface area contributed by atoms with Gasteiger partial charge in [-0.3, -0.25) is 9.59 Å². The van der Waals surface area contributed by atoms with Crippen molar-refractivity contribution >= 4 is 17.4 Å². The van der Waals surface area contributed by atoms with Crippen molar-refractivity contribution in [1.82, 2.24) is 4.90 Å². The molecule has 6 nitrogen and oxygen atoms in total.